The summed E-state index contributed by atoms with van der Waals surface area (Å²) in [5.74, 6) is -0.0426. The molecule has 7 heteroatoms. The molecule has 2 rings (SSSR count). The molecule has 0 spiro atoms. The highest BCUT2D eigenvalue weighted by atomic mass is 16.5. The molecule has 0 radical (unpaired) electrons. The SMILES string of the molecule is COCCN1CCCn2nc(CCC(=O)NCCO)cc2C1. The van der Waals surface area contributed by atoms with Crippen LogP contribution in [-0.4, -0.2) is 65.7 Å². The van der Waals surface area contributed by atoms with Crippen LogP contribution >= 0.6 is 0 Å². The molecule has 1 aromatic heterocycles. The average Bonchev–Trinajstić information content (AvgIpc) is 2.80. The minimum Gasteiger partial charge on any atom is -0.395 e. The van der Waals surface area contributed by atoms with Gasteiger partial charge in [0.2, 0.25) is 5.91 Å². The van der Waals surface area contributed by atoms with Gasteiger partial charge in [0, 0.05) is 52.7 Å². The van der Waals surface area contributed by atoms with E-state index in [1.54, 1.807) is 7.11 Å². The molecule has 0 saturated heterocycles. The van der Waals surface area contributed by atoms with Crippen LogP contribution in [0.4, 0.5) is 0 Å². The van der Waals surface area contributed by atoms with E-state index in [1.807, 2.05) is 0 Å². The molecule has 0 aromatic carbocycles. The van der Waals surface area contributed by atoms with E-state index in [0.29, 0.717) is 19.4 Å². The van der Waals surface area contributed by atoms with Gasteiger partial charge in [0.15, 0.2) is 0 Å². The average molecular weight is 310 g/mol. The second-order valence-corrected chi connectivity index (χ2v) is 5.55. The van der Waals surface area contributed by atoms with Crippen LogP contribution in [0, 0.1) is 0 Å². The number of amides is 1. The van der Waals surface area contributed by atoms with Gasteiger partial charge < -0.3 is 15.2 Å². The topological polar surface area (TPSA) is 79.6 Å². The molecule has 0 unspecified atom stereocenters. The quantitative estimate of drug-likeness (QED) is 0.694. The maximum absolute atomic E-state index is 11.6. The maximum atomic E-state index is 11.6. The fraction of sp³-hybridized carbons (Fsp3) is 0.733. The number of methoxy groups -OCH3 is 1. The van der Waals surface area contributed by atoms with Crippen molar-refractivity contribution in [3.05, 3.63) is 17.5 Å². The van der Waals surface area contributed by atoms with E-state index in [0.717, 1.165) is 44.9 Å². The third-order valence-corrected chi connectivity index (χ3v) is 3.80. The summed E-state index contributed by atoms with van der Waals surface area (Å²) in [5, 5.41) is 15.9. The summed E-state index contributed by atoms with van der Waals surface area (Å²) >= 11 is 0. The van der Waals surface area contributed by atoms with Gasteiger partial charge >= 0.3 is 0 Å². The van der Waals surface area contributed by atoms with Gasteiger partial charge in [-0.15, -0.1) is 0 Å². The number of nitrogens with zero attached hydrogens (tertiary/aromatic N) is 3. The van der Waals surface area contributed by atoms with Crippen molar-refractivity contribution in [3.63, 3.8) is 0 Å². The Kier molecular flexibility index (Phi) is 6.82. The summed E-state index contributed by atoms with van der Waals surface area (Å²) in [6.45, 7) is 4.83. The second-order valence-electron chi connectivity index (χ2n) is 5.55. The van der Waals surface area contributed by atoms with E-state index in [-0.39, 0.29) is 12.5 Å². The molecule has 22 heavy (non-hydrogen) atoms. The van der Waals surface area contributed by atoms with Crippen LogP contribution in [0.5, 0.6) is 0 Å². The molecular weight excluding hydrogens is 284 g/mol. The zero-order chi connectivity index (χ0) is 15.8. The van der Waals surface area contributed by atoms with Crippen molar-refractivity contribution in [3.8, 4) is 0 Å². The van der Waals surface area contributed by atoms with Crippen LogP contribution in [0.2, 0.25) is 0 Å². The Morgan fingerprint density at radius 1 is 1.50 bits per heavy atom. The molecule has 1 aromatic rings. The van der Waals surface area contributed by atoms with Crippen LogP contribution in [0.1, 0.15) is 24.2 Å². The van der Waals surface area contributed by atoms with Crippen molar-refractivity contribution >= 4 is 5.91 Å². The second kappa shape index (κ2) is 8.87. The lowest BCUT2D eigenvalue weighted by molar-refractivity contribution is -0.121. The largest absolute Gasteiger partial charge is 0.395 e. The van der Waals surface area contributed by atoms with Crippen molar-refractivity contribution in [2.24, 2.45) is 0 Å². The van der Waals surface area contributed by atoms with E-state index in [9.17, 15) is 4.79 Å². The van der Waals surface area contributed by atoms with Gasteiger partial charge in [-0.3, -0.25) is 14.4 Å². The number of carbonyl (C=O) groups is 1. The zero-order valence-corrected chi connectivity index (χ0v) is 13.3. The fourth-order valence-corrected chi connectivity index (χ4v) is 2.65. The predicted molar refractivity (Wildman–Crippen MR) is 82.4 cm³/mol. The number of hydrogen-bond donors (Lipinski definition) is 2. The first-order valence-electron chi connectivity index (χ1n) is 7.87. The number of rotatable bonds is 8. The molecular formula is C15H26N4O3. The van der Waals surface area contributed by atoms with Crippen molar-refractivity contribution < 1.29 is 14.6 Å². The minimum absolute atomic E-state index is 0.0260. The third-order valence-electron chi connectivity index (χ3n) is 3.80. The highest BCUT2D eigenvalue weighted by molar-refractivity contribution is 5.76. The van der Waals surface area contributed by atoms with Gasteiger partial charge in [0.05, 0.1) is 24.6 Å². The smallest absolute Gasteiger partial charge is 0.220 e. The normalized spacial score (nSPS) is 15.4. The third kappa shape index (κ3) is 5.08. The van der Waals surface area contributed by atoms with E-state index in [1.165, 1.54) is 5.69 Å². The molecule has 0 atom stereocenters. The van der Waals surface area contributed by atoms with Gasteiger partial charge in [0.25, 0.3) is 0 Å². The lowest BCUT2D eigenvalue weighted by atomic mass is 10.2. The van der Waals surface area contributed by atoms with Crippen LogP contribution in [0.25, 0.3) is 0 Å². The molecule has 0 fully saturated rings. The molecule has 124 valence electrons. The molecule has 2 heterocycles. The molecule has 1 aliphatic rings. The van der Waals surface area contributed by atoms with Crippen molar-refractivity contribution in [1.82, 2.24) is 20.0 Å². The molecule has 2 N–H and O–H groups in total. The number of aromatic nitrogens is 2. The Bertz CT molecular complexity index is 475. The molecule has 1 amide bonds. The molecule has 0 saturated carbocycles. The van der Waals surface area contributed by atoms with Crippen LogP contribution in [0.15, 0.2) is 6.07 Å². The Labute approximate surface area is 131 Å². The van der Waals surface area contributed by atoms with Crippen LogP contribution in [0.3, 0.4) is 0 Å². The number of aryl methyl sites for hydroxylation is 2. The number of ether oxygens (including phenoxy) is 1. The monoisotopic (exact) mass is 310 g/mol. The Morgan fingerprint density at radius 2 is 2.36 bits per heavy atom. The first-order valence-corrected chi connectivity index (χ1v) is 7.87. The van der Waals surface area contributed by atoms with Crippen LogP contribution < -0.4 is 5.32 Å². The fourth-order valence-electron chi connectivity index (χ4n) is 2.65. The Hall–Kier alpha value is -1.44. The Balaban J connectivity index is 1.87. The molecule has 1 aliphatic heterocycles. The van der Waals surface area contributed by atoms with E-state index in [2.05, 4.69) is 26.1 Å². The number of aliphatic hydroxyl groups is 1. The van der Waals surface area contributed by atoms with Gasteiger partial charge in [-0.05, 0) is 12.5 Å². The first kappa shape index (κ1) is 16.9. The van der Waals surface area contributed by atoms with E-state index in [4.69, 9.17) is 9.84 Å². The highest BCUT2D eigenvalue weighted by Crippen LogP contribution is 2.14. The summed E-state index contributed by atoms with van der Waals surface area (Å²) in [5.41, 5.74) is 2.17. The van der Waals surface area contributed by atoms with Crippen molar-refractivity contribution in [2.45, 2.75) is 32.4 Å². The standard InChI is InChI=1S/C15H26N4O3/c1-22-10-8-18-6-2-7-19-14(12-18)11-13(17-19)3-4-15(21)16-5-9-20/h11,20H,2-10,12H2,1H3,(H,16,21). The van der Waals surface area contributed by atoms with Gasteiger partial charge in [-0.2, -0.15) is 5.10 Å². The minimum atomic E-state index is -0.0426. The summed E-state index contributed by atoms with van der Waals surface area (Å²) in [6, 6.07) is 2.10. The summed E-state index contributed by atoms with van der Waals surface area (Å²) < 4.78 is 7.21. The van der Waals surface area contributed by atoms with E-state index < -0.39 is 0 Å². The number of hydrogen-bond acceptors (Lipinski definition) is 5. The lowest BCUT2D eigenvalue weighted by Gasteiger charge is -2.18. The van der Waals surface area contributed by atoms with Gasteiger partial charge in [-0.25, -0.2) is 0 Å². The summed E-state index contributed by atoms with van der Waals surface area (Å²) in [7, 11) is 1.72. The van der Waals surface area contributed by atoms with E-state index >= 15 is 0 Å². The van der Waals surface area contributed by atoms with Crippen LogP contribution in [-0.2, 0) is 29.0 Å². The maximum Gasteiger partial charge on any atom is 0.220 e. The van der Waals surface area contributed by atoms with Crippen molar-refractivity contribution in [1.29, 1.82) is 0 Å². The zero-order valence-electron chi connectivity index (χ0n) is 13.3. The Morgan fingerprint density at radius 3 is 3.14 bits per heavy atom. The highest BCUT2D eigenvalue weighted by Gasteiger charge is 2.16. The van der Waals surface area contributed by atoms with Crippen molar-refractivity contribution in [2.75, 3.05) is 40.0 Å². The summed E-state index contributed by atoms with van der Waals surface area (Å²) in [6.07, 6.45) is 2.12. The summed E-state index contributed by atoms with van der Waals surface area (Å²) in [4.78, 5) is 13.9. The molecule has 7 nitrogen and oxygen atoms in total. The van der Waals surface area contributed by atoms with Gasteiger partial charge in [-0.1, -0.05) is 0 Å². The predicted octanol–water partition coefficient (Wildman–Crippen LogP) is -0.224. The van der Waals surface area contributed by atoms with Gasteiger partial charge in [0.1, 0.15) is 0 Å². The molecule has 0 bridgehead atoms. The number of nitrogens with one attached hydrogen (secondary N) is 1. The number of carbonyl (C=O) groups excluding carboxylic acids is 1. The number of aliphatic hydroxyl groups excluding tert-OH is 1. The first-order chi connectivity index (χ1) is 10.7. The lowest BCUT2D eigenvalue weighted by Crippen LogP contribution is -2.27. The number of fused-ring (bicyclic) bond motifs is 1. The molecule has 0 aliphatic carbocycles.